The molecule has 0 radical (unpaired) electrons. The second-order valence-corrected chi connectivity index (χ2v) is 8.30. The highest BCUT2D eigenvalue weighted by Gasteiger charge is 2.18. The van der Waals surface area contributed by atoms with E-state index in [1.165, 1.54) is 17.3 Å². The van der Waals surface area contributed by atoms with E-state index in [1.54, 1.807) is 0 Å². The molecule has 0 saturated carbocycles. The van der Waals surface area contributed by atoms with Gasteiger partial charge in [0.1, 0.15) is 5.52 Å². The van der Waals surface area contributed by atoms with Crippen molar-refractivity contribution in [3.05, 3.63) is 54.1 Å². The van der Waals surface area contributed by atoms with Crippen LogP contribution in [0.15, 0.2) is 53.7 Å². The first-order valence-corrected chi connectivity index (χ1v) is 10.1. The van der Waals surface area contributed by atoms with Gasteiger partial charge in [-0.2, -0.15) is 0 Å². The van der Waals surface area contributed by atoms with Crippen molar-refractivity contribution in [2.75, 3.05) is 5.32 Å². The summed E-state index contributed by atoms with van der Waals surface area (Å²) in [6.45, 7) is 6.12. The highest BCUT2D eigenvalue weighted by atomic mass is 32.2. The molecule has 0 bridgehead atoms. The van der Waals surface area contributed by atoms with Crippen LogP contribution in [0.4, 0.5) is 5.69 Å². The third kappa shape index (κ3) is 3.71. The lowest BCUT2D eigenvalue weighted by Crippen LogP contribution is -2.22. The molecule has 0 aliphatic carbocycles. The van der Waals surface area contributed by atoms with Gasteiger partial charge in [-0.15, -0.1) is 10.2 Å². The van der Waals surface area contributed by atoms with Crippen LogP contribution < -0.4 is 5.32 Å². The second kappa shape index (κ2) is 7.59. The number of hydrogen-bond donors (Lipinski definition) is 2. The Kier molecular flexibility index (Phi) is 5.00. The zero-order valence-corrected chi connectivity index (χ0v) is 16.7. The van der Waals surface area contributed by atoms with Crippen LogP contribution in [0.2, 0.25) is 0 Å². The van der Waals surface area contributed by atoms with Crippen molar-refractivity contribution in [2.45, 2.75) is 37.1 Å². The Morgan fingerprint density at radius 1 is 1.04 bits per heavy atom. The normalized spacial score (nSPS) is 12.6. The molecule has 142 valence electrons. The highest BCUT2D eigenvalue weighted by Crippen LogP contribution is 2.25. The Balaban J connectivity index is 1.47. The van der Waals surface area contributed by atoms with E-state index in [0.29, 0.717) is 16.7 Å². The van der Waals surface area contributed by atoms with Crippen molar-refractivity contribution in [1.82, 2.24) is 20.2 Å². The average molecular weight is 392 g/mol. The molecule has 1 amide bonds. The number of H-pyrrole nitrogens is 1. The van der Waals surface area contributed by atoms with Gasteiger partial charge in [-0.3, -0.25) is 4.79 Å². The minimum absolute atomic E-state index is 0.0948. The molecule has 2 N–H and O–H groups in total. The number of thioether (sulfide) groups is 1. The van der Waals surface area contributed by atoms with Gasteiger partial charge in [0, 0.05) is 16.6 Å². The number of para-hydroxylation sites is 1. The zero-order chi connectivity index (χ0) is 19.7. The van der Waals surface area contributed by atoms with Gasteiger partial charge in [-0.05, 0) is 36.6 Å². The van der Waals surface area contributed by atoms with E-state index in [-0.39, 0.29) is 11.2 Å². The van der Waals surface area contributed by atoms with Crippen molar-refractivity contribution in [2.24, 2.45) is 0 Å². The molecular formula is C21H21N5OS. The summed E-state index contributed by atoms with van der Waals surface area (Å²) in [4.78, 5) is 20.3. The Morgan fingerprint density at radius 3 is 2.54 bits per heavy atom. The van der Waals surface area contributed by atoms with E-state index in [4.69, 9.17) is 0 Å². The summed E-state index contributed by atoms with van der Waals surface area (Å²) in [5.74, 6) is 0.367. The average Bonchev–Trinajstić information content (AvgIpc) is 3.06. The van der Waals surface area contributed by atoms with Crippen LogP contribution >= 0.6 is 11.8 Å². The Hall–Kier alpha value is -2.93. The van der Waals surface area contributed by atoms with Crippen molar-refractivity contribution in [3.8, 4) is 0 Å². The molecule has 4 rings (SSSR count). The van der Waals surface area contributed by atoms with Crippen LogP contribution in [0.1, 0.15) is 32.3 Å². The van der Waals surface area contributed by atoms with Gasteiger partial charge in [-0.1, -0.05) is 55.9 Å². The lowest BCUT2D eigenvalue weighted by molar-refractivity contribution is -0.115. The molecule has 0 fully saturated rings. The molecule has 2 aromatic carbocycles. The summed E-state index contributed by atoms with van der Waals surface area (Å²) in [6, 6.07) is 15.8. The number of hydrogen-bond acceptors (Lipinski definition) is 5. The third-order valence-electron chi connectivity index (χ3n) is 4.60. The number of amides is 1. The maximum absolute atomic E-state index is 12.5. The lowest BCUT2D eigenvalue weighted by atomic mass is 10.0. The second-order valence-electron chi connectivity index (χ2n) is 6.99. The summed E-state index contributed by atoms with van der Waals surface area (Å²) in [7, 11) is 0. The van der Waals surface area contributed by atoms with E-state index in [2.05, 4.69) is 39.3 Å². The van der Waals surface area contributed by atoms with E-state index in [0.717, 1.165) is 22.1 Å². The summed E-state index contributed by atoms with van der Waals surface area (Å²) in [5, 5.41) is 12.5. The topological polar surface area (TPSA) is 83.6 Å². The monoisotopic (exact) mass is 391 g/mol. The Bertz CT molecular complexity index is 1140. The molecule has 0 aliphatic rings. The van der Waals surface area contributed by atoms with Crippen LogP contribution in [0.5, 0.6) is 0 Å². The fourth-order valence-electron chi connectivity index (χ4n) is 2.96. The predicted octanol–water partition coefficient (Wildman–Crippen LogP) is 4.75. The molecule has 0 aliphatic heterocycles. The van der Waals surface area contributed by atoms with Gasteiger partial charge in [0.15, 0.2) is 5.65 Å². The largest absolute Gasteiger partial charge is 0.338 e. The number of rotatable bonds is 5. The van der Waals surface area contributed by atoms with Crippen LogP contribution in [-0.4, -0.2) is 31.3 Å². The van der Waals surface area contributed by atoms with Gasteiger partial charge in [-0.25, -0.2) is 4.98 Å². The van der Waals surface area contributed by atoms with Crippen LogP contribution in [-0.2, 0) is 4.79 Å². The first kappa shape index (κ1) is 18.4. The lowest BCUT2D eigenvalue weighted by Gasteiger charge is -2.12. The van der Waals surface area contributed by atoms with E-state index in [1.807, 2.05) is 55.5 Å². The number of fused-ring (bicyclic) bond motifs is 3. The van der Waals surface area contributed by atoms with Gasteiger partial charge in [0.25, 0.3) is 0 Å². The number of aromatic amines is 1. The predicted molar refractivity (Wildman–Crippen MR) is 114 cm³/mol. The smallest absolute Gasteiger partial charge is 0.237 e. The van der Waals surface area contributed by atoms with Crippen molar-refractivity contribution >= 4 is 45.4 Å². The molecule has 7 heteroatoms. The summed E-state index contributed by atoms with van der Waals surface area (Å²) in [5.41, 5.74) is 4.41. The van der Waals surface area contributed by atoms with Crippen LogP contribution in [0.25, 0.3) is 22.1 Å². The van der Waals surface area contributed by atoms with E-state index < -0.39 is 0 Å². The molecule has 1 atom stereocenters. The maximum Gasteiger partial charge on any atom is 0.237 e. The molecule has 0 unspecified atom stereocenters. The molecule has 28 heavy (non-hydrogen) atoms. The minimum Gasteiger partial charge on any atom is -0.338 e. The SMILES string of the molecule is CC(C)c1ccc(NC(=O)[C@@H](C)Sc2nnc3c(n2)[nH]c2ccccc23)cc1. The number of carbonyl (C=O) groups excluding carboxylic acids is 1. The fourth-order valence-corrected chi connectivity index (χ4v) is 3.68. The molecule has 6 nitrogen and oxygen atoms in total. The molecule has 0 saturated heterocycles. The quantitative estimate of drug-likeness (QED) is 0.480. The van der Waals surface area contributed by atoms with Gasteiger partial charge in [0.05, 0.1) is 5.25 Å². The fraction of sp³-hybridized carbons (Fsp3) is 0.238. The first-order chi connectivity index (χ1) is 13.5. The van der Waals surface area contributed by atoms with Crippen molar-refractivity contribution in [1.29, 1.82) is 0 Å². The summed E-state index contributed by atoms with van der Waals surface area (Å²) in [6.07, 6.45) is 0. The summed E-state index contributed by atoms with van der Waals surface area (Å²) < 4.78 is 0. The van der Waals surface area contributed by atoms with E-state index in [9.17, 15) is 4.79 Å². The first-order valence-electron chi connectivity index (χ1n) is 9.20. The number of carbonyl (C=O) groups is 1. The van der Waals surface area contributed by atoms with Crippen LogP contribution in [0.3, 0.4) is 0 Å². The zero-order valence-electron chi connectivity index (χ0n) is 15.9. The van der Waals surface area contributed by atoms with Crippen LogP contribution in [0, 0.1) is 0 Å². The van der Waals surface area contributed by atoms with Gasteiger partial charge >= 0.3 is 0 Å². The number of nitrogens with one attached hydrogen (secondary N) is 2. The number of anilines is 1. The summed E-state index contributed by atoms with van der Waals surface area (Å²) >= 11 is 1.29. The van der Waals surface area contributed by atoms with Crippen molar-refractivity contribution in [3.63, 3.8) is 0 Å². The molecule has 2 aromatic heterocycles. The Labute approximate surface area is 167 Å². The standard InChI is InChI=1S/C21H21N5OS/c1-12(2)14-8-10-15(11-9-14)22-20(27)13(3)28-21-24-19-18(25-26-21)16-6-4-5-7-17(16)23-19/h4-13H,1-3H3,(H,22,27)(H,23,24,26)/t13-/m1/s1. The maximum atomic E-state index is 12.5. The van der Waals surface area contributed by atoms with Gasteiger partial charge in [0.2, 0.25) is 11.1 Å². The minimum atomic E-state index is -0.353. The number of aromatic nitrogens is 4. The number of nitrogens with zero attached hydrogens (tertiary/aromatic N) is 3. The Morgan fingerprint density at radius 2 is 1.79 bits per heavy atom. The highest BCUT2D eigenvalue weighted by molar-refractivity contribution is 8.00. The molecule has 2 heterocycles. The molecule has 4 aromatic rings. The van der Waals surface area contributed by atoms with E-state index >= 15 is 0 Å². The van der Waals surface area contributed by atoms with Crippen molar-refractivity contribution < 1.29 is 4.79 Å². The third-order valence-corrected chi connectivity index (χ3v) is 5.55. The van der Waals surface area contributed by atoms with Gasteiger partial charge < -0.3 is 10.3 Å². The molecular weight excluding hydrogens is 370 g/mol. The number of benzene rings is 2. The molecule has 0 spiro atoms.